The minimum Gasteiger partial charge on any atom is -0.507 e. The molecule has 1 saturated heterocycles. The second kappa shape index (κ2) is 12.4. The second-order valence-electron chi connectivity index (χ2n) is 9.45. The fraction of sp³-hybridized carbons (Fsp3) is 0.290. The fourth-order valence-electron chi connectivity index (χ4n) is 4.56. The van der Waals surface area contributed by atoms with Crippen LogP contribution in [0.15, 0.2) is 84.4 Å². The Labute approximate surface area is 223 Å². The van der Waals surface area contributed by atoms with Gasteiger partial charge in [0.25, 0.3) is 11.7 Å². The number of hydrogen-bond acceptors (Lipinski definition) is 6. The van der Waals surface area contributed by atoms with Crippen LogP contribution >= 0.6 is 0 Å². The summed E-state index contributed by atoms with van der Waals surface area (Å²) < 4.78 is 11.5. The summed E-state index contributed by atoms with van der Waals surface area (Å²) in [5.41, 5.74) is 2.28. The van der Waals surface area contributed by atoms with Gasteiger partial charge >= 0.3 is 0 Å². The standard InChI is InChI=1S/C31H34N2O5/c1-4-37-26-13-8-12-24(20-26)29(34)27-28(33(31(36)30(27)35)19-9-18-32(2)3)23-14-16-25(17-15-23)38-21-22-10-6-5-7-11-22/h5-8,10-17,20,28,34H,4,9,18-19,21H2,1-3H3. The molecule has 4 rings (SSSR count). The van der Waals surface area contributed by atoms with Crippen LogP contribution in [0.3, 0.4) is 0 Å². The van der Waals surface area contributed by atoms with Crippen molar-refractivity contribution in [2.24, 2.45) is 0 Å². The molecular formula is C31H34N2O5. The number of aliphatic hydroxyl groups excluding tert-OH is 1. The van der Waals surface area contributed by atoms with E-state index in [4.69, 9.17) is 9.47 Å². The molecule has 0 aromatic heterocycles. The van der Waals surface area contributed by atoms with E-state index in [1.165, 1.54) is 0 Å². The number of rotatable bonds is 11. The quantitative estimate of drug-likeness (QED) is 0.220. The highest BCUT2D eigenvalue weighted by Crippen LogP contribution is 2.40. The van der Waals surface area contributed by atoms with Crippen LogP contribution in [0.25, 0.3) is 5.76 Å². The average molecular weight is 515 g/mol. The van der Waals surface area contributed by atoms with Gasteiger partial charge in [0.15, 0.2) is 0 Å². The maximum Gasteiger partial charge on any atom is 0.295 e. The number of benzene rings is 3. The number of aliphatic hydroxyl groups is 1. The molecule has 1 heterocycles. The van der Waals surface area contributed by atoms with Crippen LogP contribution in [0.5, 0.6) is 11.5 Å². The van der Waals surface area contributed by atoms with Crippen LogP contribution in [0.2, 0.25) is 0 Å². The van der Waals surface area contributed by atoms with E-state index in [1.54, 1.807) is 29.2 Å². The normalized spacial score (nSPS) is 16.7. The van der Waals surface area contributed by atoms with Crippen LogP contribution in [0.1, 0.15) is 36.1 Å². The van der Waals surface area contributed by atoms with Gasteiger partial charge in [-0.05, 0) is 69.4 Å². The van der Waals surface area contributed by atoms with Gasteiger partial charge in [-0.15, -0.1) is 0 Å². The fourth-order valence-corrected chi connectivity index (χ4v) is 4.56. The van der Waals surface area contributed by atoms with Gasteiger partial charge in [0, 0.05) is 12.1 Å². The third-order valence-electron chi connectivity index (χ3n) is 6.41. The summed E-state index contributed by atoms with van der Waals surface area (Å²) in [5.74, 6) is -0.265. The summed E-state index contributed by atoms with van der Waals surface area (Å²) in [4.78, 5) is 30.0. The van der Waals surface area contributed by atoms with E-state index in [2.05, 4.69) is 0 Å². The molecule has 1 atom stereocenters. The number of carbonyl (C=O) groups is 2. The molecule has 7 nitrogen and oxygen atoms in total. The molecule has 0 aliphatic carbocycles. The van der Waals surface area contributed by atoms with Gasteiger partial charge in [-0.2, -0.15) is 0 Å². The smallest absolute Gasteiger partial charge is 0.295 e. The van der Waals surface area contributed by atoms with Crippen molar-refractivity contribution in [1.29, 1.82) is 0 Å². The first-order valence-corrected chi connectivity index (χ1v) is 12.8. The number of likely N-dealkylation sites (tertiary alicyclic amines) is 1. The minimum absolute atomic E-state index is 0.0754. The summed E-state index contributed by atoms with van der Waals surface area (Å²) >= 11 is 0. The lowest BCUT2D eigenvalue weighted by Gasteiger charge is -2.26. The summed E-state index contributed by atoms with van der Waals surface area (Å²) in [7, 11) is 3.93. The summed E-state index contributed by atoms with van der Waals surface area (Å²) in [6.07, 6.45) is 0.689. The van der Waals surface area contributed by atoms with Crippen LogP contribution in [-0.2, 0) is 16.2 Å². The van der Waals surface area contributed by atoms with Gasteiger partial charge in [0.1, 0.15) is 23.9 Å². The zero-order chi connectivity index (χ0) is 27.1. The molecule has 7 heteroatoms. The first-order chi connectivity index (χ1) is 18.4. The van der Waals surface area contributed by atoms with Crippen molar-refractivity contribution >= 4 is 17.4 Å². The van der Waals surface area contributed by atoms with Gasteiger partial charge in [-0.3, -0.25) is 9.59 Å². The van der Waals surface area contributed by atoms with E-state index in [9.17, 15) is 14.7 Å². The van der Waals surface area contributed by atoms with E-state index in [0.717, 1.165) is 17.7 Å². The molecule has 1 aliphatic rings. The Kier molecular flexibility index (Phi) is 8.81. The van der Waals surface area contributed by atoms with E-state index in [1.807, 2.05) is 80.5 Å². The number of ether oxygens (including phenoxy) is 2. The topological polar surface area (TPSA) is 79.3 Å². The number of ketones is 1. The maximum absolute atomic E-state index is 13.3. The molecule has 0 radical (unpaired) electrons. The van der Waals surface area contributed by atoms with Crippen molar-refractivity contribution in [2.45, 2.75) is 26.0 Å². The van der Waals surface area contributed by atoms with Crippen LogP contribution in [0, 0.1) is 0 Å². The van der Waals surface area contributed by atoms with Gasteiger partial charge in [0.2, 0.25) is 0 Å². The zero-order valence-corrected chi connectivity index (χ0v) is 22.1. The Morgan fingerprint density at radius 2 is 1.66 bits per heavy atom. The molecule has 198 valence electrons. The summed E-state index contributed by atoms with van der Waals surface area (Å²) in [5, 5.41) is 11.3. The van der Waals surface area contributed by atoms with Crippen LogP contribution in [0.4, 0.5) is 0 Å². The van der Waals surface area contributed by atoms with E-state index in [-0.39, 0.29) is 11.3 Å². The number of nitrogens with zero attached hydrogens (tertiary/aromatic N) is 2. The van der Waals surface area contributed by atoms with Crippen molar-refractivity contribution in [3.8, 4) is 11.5 Å². The molecule has 0 saturated carbocycles. The predicted octanol–water partition coefficient (Wildman–Crippen LogP) is 5.04. The highest BCUT2D eigenvalue weighted by Gasteiger charge is 2.45. The number of carbonyl (C=O) groups excluding carboxylic acids is 2. The molecule has 1 unspecified atom stereocenters. The zero-order valence-electron chi connectivity index (χ0n) is 22.1. The highest BCUT2D eigenvalue weighted by molar-refractivity contribution is 6.46. The Morgan fingerprint density at radius 1 is 0.921 bits per heavy atom. The molecule has 0 bridgehead atoms. The van der Waals surface area contributed by atoms with Gasteiger partial charge in [0.05, 0.1) is 18.2 Å². The van der Waals surface area contributed by atoms with Crippen molar-refractivity contribution < 1.29 is 24.2 Å². The Balaban J connectivity index is 1.67. The molecule has 1 amide bonds. The van der Waals surface area contributed by atoms with Crippen LogP contribution in [-0.4, -0.2) is 60.4 Å². The van der Waals surface area contributed by atoms with Gasteiger partial charge in [-0.25, -0.2) is 0 Å². The predicted molar refractivity (Wildman–Crippen MR) is 147 cm³/mol. The first-order valence-electron chi connectivity index (χ1n) is 12.8. The minimum atomic E-state index is -0.712. The lowest BCUT2D eigenvalue weighted by Crippen LogP contribution is -2.32. The van der Waals surface area contributed by atoms with Crippen LogP contribution < -0.4 is 9.47 Å². The number of hydrogen-bond donors (Lipinski definition) is 1. The summed E-state index contributed by atoms with van der Waals surface area (Å²) in [6, 6.07) is 23.4. The first kappa shape index (κ1) is 26.9. The van der Waals surface area contributed by atoms with E-state index in [0.29, 0.717) is 43.2 Å². The molecular weight excluding hydrogens is 480 g/mol. The molecule has 1 fully saturated rings. The van der Waals surface area contributed by atoms with E-state index >= 15 is 0 Å². The number of amides is 1. The van der Waals surface area contributed by atoms with Crippen molar-refractivity contribution in [3.05, 3.63) is 101 Å². The monoisotopic (exact) mass is 514 g/mol. The Bertz CT molecular complexity index is 1290. The van der Waals surface area contributed by atoms with Gasteiger partial charge < -0.3 is 24.4 Å². The largest absolute Gasteiger partial charge is 0.507 e. The van der Waals surface area contributed by atoms with Gasteiger partial charge in [-0.1, -0.05) is 54.6 Å². The molecule has 0 spiro atoms. The maximum atomic E-state index is 13.3. The highest BCUT2D eigenvalue weighted by atomic mass is 16.5. The molecule has 1 aliphatic heterocycles. The molecule has 3 aromatic carbocycles. The third-order valence-corrected chi connectivity index (χ3v) is 6.41. The Hall–Kier alpha value is -4.10. The summed E-state index contributed by atoms with van der Waals surface area (Å²) in [6.45, 7) is 3.92. The SMILES string of the molecule is CCOc1cccc(C(O)=C2C(=O)C(=O)N(CCCN(C)C)C2c2ccc(OCc3ccccc3)cc2)c1. The molecule has 1 N–H and O–H groups in total. The lowest BCUT2D eigenvalue weighted by atomic mass is 9.95. The van der Waals surface area contributed by atoms with Crippen molar-refractivity contribution in [1.82, 2.24) is 9.80 Å². The van der Waals surface area contributed by atoms with Crippen molar-refractivity contribution in [3.63, 3.8) is 0 Å². The Morgan fingerprint density at radius 3 is 2.34 bits per heavy atom. The lowest BCUT2D eigenvalue weighted by molar-refractivity contribution is -0.139. The number of Topliss-reactive ketones (excluding diaryl/α,β-unsaturated/α-hetero) is 1. The molecule has 3 aromatic rings. The van der Waals surface area contributed by atoms with E-state index < -0.39 is 17.7 Å². The van der Waals surface area contributed by atoms with Crippen molar-refractivity contribution in [2.75, 3.05) is 33.8 Å². The third kappa shape index (κ3) is 6.23. The second-order valence-corrected chi connectivity index (χ2v) is 9.45. The molecule has 38 heavy (non-hydrogen) atoms. The average Bonchev–Trinajstić information content (AvgIpc) is 3.17.